The average molecular weight is 418 g/mol. The highest BCUT2D eigenvalue weighted by atomic mass is 16.7. The maximum absolute atomic E-state index is 12.0. The van der Waals surface area contributed by atoms with E-state index >= 15 is 0 Å². The second kappa shape index (κ2) is 9.57. The van der Waals surface area contributed by atoms with Crippen LogP contribution in [0.5, 0.6) is 11.5 Å². The summed E-state index contributed by atoms with van der Waals surface area (Å²) < 4.78 is 10.6. The number of hydrogen-bond donors (Lipinski definition) is 3. The van der Waals surface area contributed by atoms with Crippen LogP contribution in [0.3, 0.4) is 0 Å². The quantitative estimate of drug-likeness (QED) is 0.378. The Kier molecular flexibility index (Phi) is 6.22. The van der Waals surface area contributed by atoms with E-state index in [2.05, 4.69) is 30.9 Å². The average Bonchev–Trinajstić information content (AvgIpc) is 3.23. The molecule has 0 unspecified atom stereocenters. The summed E-state index contributed by atoms with van der Waals surface area (Å²) in [4.78, 5) is 24.7. The molecule has 1 aromatic carbocycles. The van der Waals surface area contributed by atoms with Crippen LogP contribution in [-0.4, -0.2) is 40.7 Å². The zero-order valence-corrected chi connectivity index (χ0v) is 17.0. The van der Waals surface area contributed by atoms with Gasteiger partial charge in [0.05, 0.1) is 0 Å². The molecule has 1 amide bonds. The number of amides is 1. The maximum atomic E-state index is 12.0. The van der Waals surface area contributed by atoms with E-state index in [9.17, 15) is 4.79 Å². The topological polar surface area (TPSA) is 110 Å². The molecule has 9 heteroatoms. The first kappa shape index (κ1) is 20.1. The van der Waals surface area contributed by atoms with Crippen molar-refractivity contribution in [3.8, 4) is 11.5 Å². The first-order valence-electron chi connectivity index (χ1n) is 9.77. The summed E-state index contributed by atoms with van der Waals surface area (Å²) in [6.45, 7) is 3.18. The molecule has 0 radical (unpaired) electrons. The molecule has 0 atom stereocenters. The lowest BCUT2D eigenvalue weighted by atomic mass is 10.2. The minimum absolute atomic E-state index is 0.185. The second-order valence-electron chi connectivity index (χ2n) is 6.80. The van der Waals surface area contributed by atoms with Gasteiger partial charge in [-0.05, 0) is 48.4 Å². The van der Waals surface area contributed by atoms with E-state index in [1.54, 1.807) is 18.3 Å². The predicted octanol–water partition coefficient (Wildman–Crippen LogP) is 2.89. The van der Waals surface area contributed by atoms with Gasteiger partial charge in [0.2, 0.25) is 12.7 Å². The second-order valence-corrected chi connectivity index (χ2v) is 6.80. The Morgan fingerprint density at radius 3 is 2.74 bits per heavy atom. The minimum atomic E-state index is -0.185. The number of carbonyl (C=O) groups excluding carboxylic acids is 1. The Bertz CT molecular complexity index is 1100. The van der Waals surface area contributed by atoms with Crippen LogP contribution in [0.2, 0.25) is 0 Å². The number of aromatic nitrogens is 3. The van der Waals surface area contributed by atoms with Gasteiger partial charge < -0.3 is 25.4 Å². The lowest BCUT2D eigenvalue weighted by molar-refractivity contribution is -0.116. The number of rotatable bonds is 8. The number of carbonyl (C=O) groups is 1. The molecule has 31 heavy (non-hydrogen) atoms. The van der Waals surface area contributed by atoms with Crippen molar-refractivity contribution in [1.29, 1.82) is 0 Å². The molecule has 2 aromatic heterocycles. The number of fused-ring (bicyclic) bond motifs is 1. The van der Waals surface area contributed by atoms with Gasteiger partial charge in [0.25, 0.3) is 0 Å². The van der Waals surface area contributed by atoms with Crippen molar-refractivity contribution in [2.75, 3.05) is 30.5 Å². The van der Waals surface area contributed by atoms with Gasteiger partial charge >= 0.3 is 0 Å². The van der Waals surface area contributed by atoms with Crippen LogP contribution in [0.15, 0.2) is 55.0 Å². The molecule has 3 aromatic rings. The third-order valence-corrected chi connectivity index (χ3v) is 4.39. The Hall–Kier alpha value is -4.14. The number of pyridine rings is 1. The van der Waals surface area contributed by atoms with E-state index < -0.39 is 0 Å². The van der Waals surface area contributed by atoms with Crippen molar-refractivity contribution in [3.05, 3.63) is 66.1 Å². The van der Waals surface area contributed by atoms with Gasteiger partial charge in [-0.15, -0.1) is 0 Å². The molecular weight excluding hydrogens is 396 g/mol. The zero-order chi connectivity index (χ0) is 21.5. The summed E-state index contributed by atoms with van der Waals surface area (Å²) in [6.07, 6.45) is 6.42. The van der Waals surface area contributed by atoms with Crippen LogP contribution in [-0.2, 0) is 4.79 Å². The molecule has 1 aliphatic rings. The molecular formula is C22H22N6O3. The summed E-state index contributed by atoms with van der Waals surface area (Å²) in [5, 5.41) is 9.13. The van der Waals surface area contributed by atoms with E-state index in [0.29, 0.717) is 42.0 Å². The van der Waals surface area contributed by atoms with Crippen molar-refractivity contribution < 1.29 is 14.3 Å². The maximum Gasteiger partial charge on any atom is 0.244 e. The number of anilines is 3. The largest absolute Gasteiger partial charge is 0.454 e. The summed E-state index contributed by atoms with van der Waals surface area (Å²) in [5.41, 5.74) is 1.97. The molecule has 1 aliphatic heterocycles. The Balaban J connectivity index is 1.22. The Morgan fingerprint density at radius 1 is 1.00 bits per heavy atom. The minimum Gasteiger partial charge on any atom is -0.454 e. The number of hydrogen-bond acceptors (Lipinski definition) is 8. The van der Waals surface area contributed by atoms with Crippen LogP contribution in [0, 0.1) is 6.92 Å². The van der Waals surface area contributed by atoms with Crippen molar-refractivity contribution in [3.63, 3.8) is 0 Å². The van der Waals surface area contributed by atoms with Gasteiger partial charge in [-0.3, -0.25) is 4.79 Å². The number of nitrogens with zero attached hydrogens (tertiary/aromatic N) is 3. The third kappa shape index (κ3) is 5.69. The van der Waals surface area contributed by atoms with E-state index in [-0.39, 0.29) is 12.7 Å². The van der Waals surface area contributed by atoms with Crippen LogP contribution < -0.4 is 25.4 Å². The van der Waals surface area contributed by atoms with Gasteiger partial charge in [-0.25, -0.2) is 15.0 Å². The van der Waals surface area contributed by atoms with Crippen LogP contribution in [0.1, 0.15) is 11.1 Å². The summed E-state index contributed by atoms with van der Waals surface area (Å²) in [6, 6.07) is 11.2. The summed E-state index contributed by atoms with van der Waals surface area (Å²) >= 11 is 0. The molecule has 0 aliphatic carbocycles. The van der Waals surface area contributed by atoms with Crippen LogP contribution >= 0.6 is 0 Å². The number of nitrogens with one attached hydrogen (secondary N) is 3. The number of ether oxygens (including phenoxy) is 2. The van der Waals surface area contributed by atoms with E-state index in [1.165, 1.54) is 12.4 Å². The van der Waals surface area contributed by atoms with Gasteiger partial charge in [0, 0.05) is 31.4 Å². The molecule has 3 heterocycles. The molecule has 158 valence electrons. The standard InChI is InChI=1S/C22H22N6O3/c1-15-6-7-23-20(10-15)28-21-12-19(26-13-27-21)24-8-9-25-22(29)5-3-16-2-4-17-18(11-16)31-14-30-17/h2-7,10-13H,8-9,14H2,1H3,(H,25,29)(H2,23,24,26,27,28)/b5-3+. The number of benzene rings is 1. The zero-order valence-electron chi connectivity index (χ0n) is 17.0. The van der Waals surface area contributed by atoms with Gasteiger partial charge in [0.1, 0.15) is 23.8 Å². The highest BCUT2D eigenvalue weighted by Crippen LogP contribution is 2.32. The first-order valence-corrected chi connectivity index (χ1v) is 9.77. The fourth-order valence-electron chi connectivity index (χ4n) is 2.88. The molecule has 3 N–H and O–H groups in total. The smallest absolute Gasteiger partial charge is 0.244 e. The van der Waals surface area contributed by atoms with E-state index in [4.69, 9.17) is 9.47 Å². The fraction of sp³-hybridized carbons (Fsp3) is 0.182. The fourth-order valence-corrected chi connectivity index (χ4v) is 2.88. The highest BCUT2D eigenvalue weighted by Gasteiger charge is 2.12. The molecule has 9 nitrogen and oxygen atoms in total. The van der Waals surface area contributed by atoms with E-state index in [0.717, 1.165) is 11.1 Å². The van der Waals surface area contributed by atoms with Gasteiger partial charge in [-0.2, -0.15) is 0 Å². The first-order chi connectivity index (χ1) is 15.2. The van der Waals surface area contributed by atoms with Gasteiger partial charge in [0.15, 0.2) is 11.5 Å². The summed E-state index contributed by atoms with van der Waals surface area (Å²) in [5.74, 6) is 3.21. The monoisotopic (exact) mass is 418 g/mol. The molecule has 4 rings (SSSR count). The number of aryl methyl sites for hydroxylation is 1. The van der Waals surface area contributed by atoms with Crippen molar-refractivity contribution in [2.24, 2.45) is 0 Å². The molecule has 0 saturated heterocycles. The van der Waals surface area contributed by atoms with Crippen molar-refractivity contribution in [2.45, 2.75) is 6.92 Å². The molecule has 0 spiro atoms. The molecule has 0 bridgehead atoms. The summed E-state index contributed by atoms with van der Waals surface area (Å²) in [7, 11) is 0. The normalized spacial score (nSPS) is 12.0. The lowest BCUT2D eigenvalue weighted by Crippen LogP contribution is -2.27. The Labute approximate surface area is 179 Å². The third-order valence-electron chi connectivity index (χ3n) is 4.39. The molecule has 0 fully saturated rings. The lowest BCUT2D eigenvalue weighted by Gasteiger charge is -2.09. The molecule has 0 saturated carbocycles. The van der Waals surface area contributed by atoms with Crippen molar-refractivity contribution in [1.82, 2.24) is 20.3 Å². The van der Waals surface area contributed by atoms with Gasteiger partial charge in [-0.1, -0.05) is 6.07 Å². The van der Waals surface area contributed by atoms with Crippen LogP contribution in [0.4, 0.5) is 17.5 Å². The Morgan fingerprint density at radius 2 is 1.84 bits per heavy atom. The predicted molar refractivity (Wildman–Crippen MR) is 117 cm³/mol. The van der Waals surface area contributed by atoms with E-state index in [1.807, 2.05) is 37.3 Å². The SMILES string of the molecule is Cc1ccnc(Nc2cc(NCCNC(=O)/C=C/c3ccc4c(c3)OCO4)ncn2)c1. The van der Waals surface area contributed by atoms with Crippen LogP contribution in [0.25, 0.3) is 6.08 Å². The van der Waals surface area contributed by atoms with Crippen molar-refractivity contribution >= 4 is 29.4 Å². The highest BCUT2D eigenvalue weighted by molar-refractivity contribution is 5.91.